The third kappa shape index (κ3) is 9.29. The van der Waals surface area contributed by atoms with Crippen LogP contribution in [0.4, 0.5) is 9.59 Å². The average Bonchev–Trinajstić information content (AvgIpc) is 4.14. The van der Waals surface area contributed by atoms with E-state index < -0.39 is 24.3 Å². The van der Waals surface area contributed by atoms with Gasteiger partial charge in [-0.15, -0.1) is 0 Å². The first-order valence-corrected chi connectivity index (χ1v) is 22.1. The fraction of sp³-hybridized carbons (Fsp3) is 0.500. The molecule has 2 aromatic carbocycles. The first kappa shape index (κ1) is 43.5. The number of rotatable bonds is 11. The highest BCUT2D eigenvalue weighted by Gasteiger charge is 2.42. The Kier molecular flexibility index (Phi) is 13.7. The van der Waals surface area contributed by atoms with Gasteiger partial charge in [0.25, 0.3) is 0 Å². The lowest BCUT2D eigenvalue weighted by atomic mass is 9.90. The summed E-state index contributed by atoms with van der Waals surface area (Å²) >= 11 is 13.5. The molecule has 6 heterocycles. The minimum atomic E-state index is -0.729. The van der Waals surface area contributed by atoms with Gasteiger partial charge in [-0.25, -0.2) is 19.6 Å². The zero-order chi connectivity index (χ0) is 43.3. The van der Waals surface area contributed by atoms with Gasteiger partial charge in [0, 0.05) is 50.6 Å². The normalized spacial score (nSPS) is 20.8. The number of aromatic amines is 2. The molecule has 4 aromatic rings. The van der Waals surface area contributed by atoms with Crippen molar-refractivity contribution in [3.63, 3.8) is 0 Å². The van der Waals surface area contributed by atoms with E-state index in [1.54, 1.807) is 9.80 Å². The van der Waals surface area contributed by atoms with Crippen molar-refractivity contribution >= 4 is 47.2 Å². The number of imidazole rings is 2. The van der Waals surface area contributed by atoms with Crippen molar-refractivity contribution in [2.75, 3.05) is 53.7 Å². The number of hydrogen-bond donors (Lipinski definition) is 4. The Bertz CT molecular complexity index is 2070. The number of likely N-dealkylation sites (tertiary alicyclic amines) is 2. The maximum Gasteiger partial charge on any atom is 0.407 e. The molecule has 0 spiro atoms. The van der Waals surface area contributed by atoms with Crippen molar-refractivity contribution in [2.45, 2.75) is 75.5 Å². The number of carbonyl (C=O) groups excluding carboxylic acids is 4. The molecule has 4 atom stereocenters. The summed E-state index contributed by atoms with van der Waals surface area (Å²) in [6.45, 7) is 3.22. The number of nitrogens with zero attached hydrogens (tertiary/aromatic N) is 4. The molecule has 62 heavy (non-hydrogen) atoms. The van der Waals surface area contributed by atoms with Crippen LogP contribution in [-0.4, -0.2) is 120 Å². The highest BCUT2D eigenvalue weighted by Crippen LogP contribution is 2.39. The molecule has 4 aliphatic rings. The van der Waals surface area contributed by atoms with Crippen LogP contribution >= 0.6 is 23.2 Å². The molecule has 8 rings (SSSR count). The number of nitrogens with one attached hydrogen (secondary N) is 4. The number of H-pyrrole nitrogens is 2. The zero-order valence-corrected chi connectivity index (χ0v) is 36.3. The lowest BCUT2D eigenvalue weighted by molar-refractivity contribution is -0.137. The Hall–Kier alpha value is -5.16. The van der Waals surface area contributed by atoms with Gasteiger partial charge in [-0.2, -0.15) is 0 Å². The molecule has 1 unspecified atom stereocenters. The number of ether oxygens (including phenoxy) is 4. The van der Waals surface area contributed by atoms with Gasteiger partial charge >= 0.3 is 12.2 Å². The van der Waals surface area contributed by atoms with Crippen LogP contribution < -0.4 is 10.6 Å². The molecular weight excluding hydrogens is 839 g/mol. The molecule has 4 aliphatic heterocycles. The van der Waals surface area contributed by atoms with Crippen LogP contribution in [0.3, 0.4) is 0 Å². The second-order valence-electron chi connectivity index (χ2n) is 16.2. The summed E-state index contributed by atoms with van der Waals surface area (Å²) in [5.41, 5.74) is 4.96. The summed E-state index contributed by atoms with van der Waals surface area (Å²) in [5.74, 6) is 0.741. The standard InChI is InChI=1S/C44H52Cl2N8O8/c1-59-43(57)49-35(29-15-21-61-22-16-29)41(55)53-19-3-5-31(53)39-47-33(37(45)51-39)27-11-7-25(8-12-27)26-9-13-28(14-10-26)34-38(46)52-40(48-34)32-6-4-20-54(32)42(56)36(50-44(58)60-2)30-17-23-62-24-18-30/h7-14,29-32,35-36H,3-6,15-24H2,1-2H3,(H,47,51)(H,48,52)(H,49,57)(H,50,58)/t31-,32-,35-,36?/m0/s1. The number of halogens is 2. The smallest absolute Gasteiger partial charge is 0.407 e. The number of amides is 4. The average molecular weight is 892 g/mol. The molecule has 16 nitrogen and oxygen atoms in total. The summed E-state index contributed by atoms with van der Waals surface area (Å²) in [5, 5.41) is 6.20. The van der Waals surface area contributed by atoms with Crippen molar-refractivity contribution in [3.05, 3.63) is 70.5 Å². The zero-order valence-electron chi connectivity index (χ0n) is 34.8. The van der Waals surface area contributed by atoms with Crippen LogP contribution in [-0.2, 0) is 28.5 Å². The van der Waals surface area contributed by atoms with Crippen molar-refractivity contribution in [3.8, 4) is 33.6 Å². The van der Waals surface area contributed by atoms with E-state index in [0.29, 0.717) is 111 Å². The van der Waals surface area contributed by atoms with E-state index in [1.165, 1.54) is 14.2 Å². The summed E-state index contributed by atoms with van der Waals surface area (Å²) in [6, 6.07) is 13.9. The summed E-state index contributed by atoms with van der Waals surface area (Å²) < 4.78 is 20.8. The van der Waals surface area contributed by atoms with Crippen molar-refractivity contribution < 1.29 is 38.1 Å². The molecule has 0 saturated carbocycles. The second kappa shape index (κ2) is 19.5. The molecule has 330 valence electrons. The summed E-state index contributed by atoms with van der Waals surface area (Å²) in [6.07, 6.45) is 4.38. The highest BCUT2D eigenvalue weighted by atomic mass is 35.5. The highest BCUT2D eigenvalue weighted by molar-refractivity contribution is 6.32. The lowest BCUT2D eigenvalue weighted by Gasteiger charge is -2.34. The third-order valence-corrected chi connectivity index (χ3v) is 13.2. The maximum atomic E-state index is 14.0. The molecule has 0 bridgehead atoms. The van der Waals surface area contributed by atoms with Crippen LogP contribution in [0, 0.1) is 11.8 Å². The van der Waals surface area contributed by atoms with Gasteiger partial charge in [-0.05, 0) is 74.3 Å². The number of methoxy groups -OCH3 is 2. The van der Waals surface area contributed by atoms with Gasteiger partial charge in [-0.3, -0.25) is 9.59 Å². The van der Waals surface area contributed by atoms with Gasteiger partial charge in [0.15, 0.2) is 10.3 Å². The van der Waals surface area contributed by atoms with Crippen LogP contribution in [0.25, 0.3) is 33.6 Å². The Morgan fingerprint density at radius 1 is 0.613 bits per heavy atom. The SMILES string of the molecule is COC(=O)NC(C(=O)N1CCC[C@H]1c1nc(Cl)c(-c2ccc(-c3ccc(-c4[nH]c([C@@H]5CCCN5C(=O)[C@@H](NC(=O)OC)C5CCOCC5)nc4Cl)cc3)cc2)[nH]1)C1CCOCC1. The second-order valence-corrected chi connectivity index (χ2v) is 17.0. The molecule has 18 heteroatoms. The number of alkyl carbamates (subject to hydrolysis) is 2. The van der Waals surface area contributed by atoms with Crippen LogP contribution in [0.2, 0.25) is 10.3 Å². The van der Waals surface area contributed by atoms with Gasteiger partial charge in [-0.1, -0.05) is 71.7 Å². The van der Waals surface area contributed by atoms with E-state index in [9.17, 15) is 19.2 Å². The van der Waals surface area contributed by atoms with E-state index in [2.05, 4.69) is 30.6 Å². The fourth-order valence-electron chi connectivity index (χ4n) is 9.31. The monoisotopic (exact) mass is 890 g/mol. The molecule has 0 aliphatic carbocycles. The quantitative estimate of drug-likeness (QED) is 0.121. The summed E-state index contributed by atoms with van der Waals surface area (Å²) in [4.78, 5) is 72.4. The van der Waals surface area contributed by atoms with Crippen molar-refractivity contribution in [2.24, 2.45) is 11.8 Å². The first-order chi connectivity index (χ1) is 30.1. The predicted octanol–water partition coefficient (Wildman–Crippen LogP) is 7.07. The van der Waals surface area contributed by atoms with E-state index in [0.717, 1.165) is 35.1 Å². The molecule has 4 fully saturated rings. The Morgan fingerprint density at radius 2 is 0.968 bits per heavy atom. The van der Waals surface area contributed by atoms with Gasteiger partial charge < -0.3 is 49.3 Å². The summed E-state index contributed by atoms with van der Waals surface area (Å²) in [7, 11) is 2.58. The van der Waals surface area contributed by atoms with Crippen LogP contribution in [0.15, 0.2) is 48.5 Å². The Morgan fingerprint density at radius 3 is 1.32 bits per heavy atom. The van der Waals surface area contributed by atoms with Gasteiger partial charge in [0.2, 0.25) is 11.8 Å². The lowest BCUT2D eigenvalue weighted by Crippen LogP contribution is -2.53. The molecule has 4 amide bonds. The Balaban J connectivity index is 0.943. The molecular formula is C44H52Cl2N8O8. The van der Waals surface area contributed by atoms with Gasteiger partial charge in [0.05, 0.1) is 37.7 Å². The number of hydrogen-bond acceptors (Lipinski definition) is 10. The first-order valence-electron chi connectivity index (χ1n) is 21.3. The van der Waals surface area contributed by atoms with E-state index >= 15 is 0 Å². The number of aromatic nitrogens is 4. The van der Waals surface area contributed by atoms with E-state index in [4.69, 9.17) is 42.1 Å². The van der Waals surface area contributed by atoms with E-state index in [-0.39, 0.29) is 35.7 Å². The predicted molar refractivity (Wildman–Crippen MR) is 230 cm³/mol. The molecule has 2 aromatic heterocycles. The van der Waals surface area contributed by atoms with Crippen molar-refractivity contribution in [1.29, 1.82) is 0 Å². The Labute approximate surface area is 369 Å². The maximum absolute atomic E-state index is 14.0. The fourth-order valence-corrected chi connectivity index (χ4v) is 9.81. The molecule has 4 N–H and O–H groups in total. The minimum absolute atomic E-state index is 0.0642. The third-order valence-electron chi connectivity index (χ3n) is 12.7. The number of benzene rings is 2. The molecule has 4 saturated heterocycles. The number of carbonyl (C=O) groups is 4. The van der Waals surface area contributed by atoms with Gasteiger partial charge in [0.1, 0.15) is 23.7 Å². The van der Waals surface area contributed by atoms with Crippen LogP contribution in [0.1, 0.15) is 75.1 Å². The van der Waals surface area contributed by atoms with Crippen molar-refractivity contribution in [1.82, 2.24) is 40.4 Å². The topological polar surface area (TPSA) is 193 Å². The molecule has 0 radical (unpaired) electrons. The largest absolute Gasteiger partial charge is 0.453 e. The van der Waals surface area contributed by atoms with Crippen LogP contribution in [0.5, 0.6) is 0 Å². The van der Waals surface area contributed by atoms with E-state index in [1.807, 2.05) is 48.5 Å². The minimum Gasteiger partial charge on any atom is -0.453 e.